The first-order chi connectivity index (χ1) is 16.0. The van der Waals surface area contributed by atoms with E-state index in [0.29, 0.717) is 36.4 Å². The fourth-order valence-electron chi connectivity index (χ4n) is 4.35. The van der Waals surface area contributed by atoms with Crippen LogP contribution in [0.15, 0.2) is 48.5 Å². The molecule has 1 aliphatic heterocycles. The van der Waals surface area contributed by atoms with E-state index >= 15 is 0 Å². The van der Waals surface area contributed by atoms with E-state index in [-0.39, 0.29) is 12.3 Å². The molecule has 0 unspecified atom stereocenters. The number of nitrogens with zero attached hydrogens (tertiary/aromatic N) is 3. The lowest BCUT2D eigenvalue weighted by Crippen LogP contribution is -2.43. The molecule has 0 aliphatic carbocycles. The van der Waals surface area contributed by atoms with Gasteiger partial charge in [-0.2, -0.15) is 0 Å². The molecule has 2 heterocycles. The average molecular weight is 447 g/mol. The number of rotatable bonds is 8. The Morgan fingerprint density at radius 3 is 2.48 bits per heavy atom. The number of nitrogens with one attached hydrogen (secondary N) is 1. The van der Waals surface area contributed by atoms with Crippen molar-refractivity contribution in [3.63, 3.8) is 0 Å². The van der Waals surface area contributed by atoms with E-state index in [0.717, 1.165) is 48.4 Å². The summed E-state index contributed by atoms with van der Waals surface area (Å²) in [6.45, 7) is 1.49. The van der Waals surface area contributed by atoms with Crippen molar-refractivity contribution in [1.82, 2.24) is 20.2 Å². The largest absolute Gasteiger partial charge is 0.481 e. The quantitative estimate of drug-likeness (QED) is 0.509. The summed E-state index contributed by atoms with van der Waals surface area (Å²) in [6.07, 6.45) is 3.99. The third kappa shape index (κ3) is 5.54. The Morgan fingerprint density at radius 2 is 1.79 bits per heavy atom. The molecular formula is C26H30N4O3. The molecule has 0 spiro atoms. The summed E-state index contributed by atoms with van der Waals surface area (Å²) in [7, 11) is 1.97. The number of amides is 1. The van der Waals surface area contributed by atoms with Gasteiger partial charge in [-0.15, -0.1) is 0 Å². The minimum atomic E-state index is -0.787. The second-order valence-electron chi connectivity index (χ2n) is 8.54. The molecule has 4 rings (SSSR count). The van der Waals surface area contributed by atoms with Crippen LogP contribution in [0.4, 0.5) is 0 Å². The van der Waals surface area contributed by atoms with Crippen LogP contribution in [0.5, 0.6) is 0 Å². The first kappa shape index (κ1) is 22.9. The van der Waals surface area contributed by atoms with E-state index in [1.54, 1.807) is 0 Å². The van der Waals surface area contributed by atoms with Crippen molar-refractivity contribution in [1.29, 1.82) is 0 Å². The lowest BCUT2D eigenvalue weighted by atomic mass is 10.0. The molecule has 1 fully saturated rings. The number of hydrogen-bond donors (Lipinski definition) is 2. The van der Waals surface area contributed by atoms with Gasteiger partial charge in [-0.05, 0) is 57.4 Å². The van der Waals surface area contributed by atoms with Gasteiger partial charge in [0.1, 0.15) is 0 Å². The Bertz CT molecular complexity index is 1130. The molecule has 1 saturated heterocycles. The minimum absolute atomic E-state index is 0.0309. The summed E-state index contributed by atoms with van der Waals surface area (Å²) >= 11 is 0. The van der Waals surface area contributed by atoms with Gasteiger partial charge in [0, 0.05) is 36.7 Å². The highest BCUT2D eigenvalue weighted by molar-refractivity contribution is 5.97. The van der Waals surface area contributed by atoms with E-state index in [9.17, 15) is 9.59 Å². The highest BCUT2D eigenvalue weighted by atomic mass is 16.4. The summed E-state index contributed by atoms with van der Waals surface area (Å²) < 4.78 is 0. The van der Waals surface area contributed by atoms with Crippen LogP contribution < -0.4 is 5.32 Å². The molecule has 7 heteroatoms. The number of aromatic nitrogens is 2. The van der Waals surface area contributed by atoms with Crippen LogP contribution in [-0.4, -0.2) is 58.0 Å². The molecule has 0 atom stereocenters. The van der Waals surface area contributed by atoms with Gasteiger partial charge in [-0.1, -0.05) is 30.3 Å². The van der Waals surface area contributed by atoms with Crippen molar-refractivity contribution in [2.45, 2.75) is 44.6 Å². The zero-order chi connectivity index (χ0) is 23.2. The number of unbranched alkanes of at least 4 members (excludes halogenated alkanes) is 1. The zero-order valence-corrected chi connectivity index (χ0v) is 19.0. The highest BCUT2D eigenvalue weighted by Gasteiger charge is 2.23. The maximum Gasteiger partial charge on any atom is 0.303 e. The molecule has 7 nitrogen and oxygen atoms in total. The van der Waals surface area contributed by atoms with E-state index in [4.69, 9.17) is 15.1 Å². The molecule has 3 aromatic rings. The van der Waals surface area contributed by atoms with Gasteiger partial charge in [0.05, 0.1) is 22.4 Å². The lowest BCUT2D eigenvalue weighted by Gasteiger charge is -2.31. The second kappa shape index (κ2) is 10.5. The summed E-state index contributed by atoms with van der Waals surface area (Å²) in [6, 6.07) is 15.9. The van der Waals surface area contributed by atoms with Gasteiger partial charge in [0.15, 0.2) is 0 Å². The van der Waals surface area contributed by atoms with Gasteiger partial charge in [-0.3, -0.25) is 9.59 Å². The third-order valence-corrected chi connectivity index (χ3v) is 6.28. The Balaban J connectivity index is 1.62. The summed E-state index contributed by atoms with van der Waals surface area (Å²) in [4.78, 5) is 35.6. The van der Waals surface area contributed by atoms with Crippen LogP contribution in [0.1, 0.15) is 48.2 Å². The molecular weight excluding hydrogens is 416 g/mol. The predicted octanol–water partition coefficient (Wildman–Crippen LogP) is 3.92. The number of hydrogen-bond acceptors (Lipinski definition) is 5. The lowest BCUT2D eigenvalue weighted by molar-refractivity contribution is -0.137. The van der Waals surface area contributed by atoms with Crippen LogP contribution in [-0.2, 0) is 11.2 Å². The first-order valence-electron chi connectivity index (χ1n) is 11.6. The fourth-order valence-corrected chi connectivity index (χ4v) is 4.35. The first-order valence-corrected chi connectivity index (χ1v) is 11.6. The fraction of sp³-hybridized carbons (Fsp3) is 0.385. The van der Waals surface area contributed by atoms with Crippen LogP contribution in [0.3, 0.4) is 0 Å². The van der Waals surface area contributed by atoms with Crippen LogP contribution in [0.25, 0.3) is 22.3 Å². The number of piperidine rings is 1. The molecule has 2 aromatic carbocycles. The molecule has 1 amide bonds. The van der Waals surface area contributed by atoms with Crippen LogP contribution in [0.2, 0.25) is 0 Å². The van der Waals surface area contributed by atoms with E-state index < -0.39 is 5.97 Å². The van der Waals surface area contributed by atoms with Gasteiger partial charge in [-0.25, -0.2) is 9.97 Å². The Morgan fingerprint density at radius 1 is 1.03 bits per heavy atom. The van der Waals surface area contributed by atoms with E-state index in [1.807, 2.05) is 60.5 Å². The van der Waals surface area contributed by atoms with Crippen molar-refractivity contribution in [3.8, 4) is 11.3 Å². The molecule has 1 aliphatic rings. The van der Waals surface area contributed by atoms with Crippen LogP contribution in [0, 0.1) is 0 Å². The SMILES string of the molecule is CNC1CCN(C(=O)c2ccc3nc(-c4ccccc4)c(CCCCC(=O)O)nc3c2)CC1. The topological polar surface area (TPSA) is 95.4 Å². The van der Waals surface area contributed by atoms with E-state index in [1.165, 1.54) is 0 Å². The van der Waals surface area contributed by atoms with Crippen molar-refractivity contribution in [3.05, 3.63) is 59.8 Å². The number of carboxylic acid groups (broad SMARTS) is 1. The number of carbonyl (C=O) groups is 2. The zero-order valence-electron chi connectivity index (χ0n) is 19.0. The maximum absolute atomic E-state index is 13.1. The Hall–Kier alpha value is -3.32. The smallest absolute Gasteiger partial charge is 0.303 e. The predicted molar refractivity (Wildman–Crippen MR) is 128 cm³/mol. The number of aryl methyl sites for hydroxylation is 1. The number of aliphatic carboxylic acids is 1. The molecule has 0 radical (unpaired) electrons. The van der Waals surface area contributed by atoms with Crippen molar-refractivity contribution in [2.24, 2.45) is 0 Å². The molecule has 1 aromatic heterocycles. The number of likely N-dealkylation sites (tertiary alicyclic amines) is 1. The van der Waals surface area contributed by atoms with Crippen LogP contribution >= 0.6 is 0 Å². The Labute approximate surface area is 193 Å². The number of fused-ring (bicyclic) bond motifs is 1. The molecule has 2 N–H and O–H groups in total. The second-order valence-corrected chi connectivity index (χ2v) is 8.54. The summed E-state index contributed by atoms with van der Waals surface area (Å²) in [5.41, 5.74) is 4.69. The number of benzene rings is 2. The summed E-state index contributed by atoms with van der Waals surface area (Å²) in [5.74, 6) is -0.756. The molecule has 0 bridgehead atoms. The van der Waals surface area contributed by atoms with Gasteiger partial charge < -0.3 is 15.3 Å². The maximum atomic E-state index is 13.1. The monoisotopic (exact) mass is 446 g/mol. The van der Waals surface area contributed by atoms with Gasteiger partial charge >= 0.3 is 5.97 Å². The standard InChI is InChI=1S/C26H30N4O3/c1-27-20-13-15-30(16-14-20)26(33)19-11-12-21-23(17-19)28-22(9-5-6-10-24(31)32)25(29-21)18-7-3-2-4-8-18/h2-4,7-8,11-12,17,20,27H,5-6,9-10,13-16H2,1H3,(H,31,32). The average Bonchev–Trinajstić information content (AvgIpc) is 2.85. The normalized spacial score (nSPS) is 14.5. The molecule has 0 saturated carbocycles. The van der Waals surface area contributed by atoms with Crippen molar-refractivity contribution < 1.29 is 14.7 Å². The van der Waals surface area contributed by atoms with Gasteiger partial charge in [0.2, 0.25) is 0 Å². The number of carboxylic acids is 1. The van der Waals surface area contributed by atoms with Crippen molar-refractivity contribution >= 4 is 22.9 Å². The van der Waals surface area contributed by atoms with Gasteiger partial charge in [0.25, 0.3) is 5.91 Å². The number of carbonyl (C=O) groups excluding carboxylic acids is 1. The third-order valence-electron chi connectivity index (χ3n) is 6.28. The summed E-state index contributed by atoms with van der Waals surface area (Å²) in [5, 5.41) is 12.2. The highest BCUT2D eigenvalue weighted by Crippen LogP contribution is 2.26. The molecule has 33 heavy (non-hydrogen) atoms. The van der Waals surface area contributed by atoms with E-state index in [2.05, 4.69) is 5.32 Å². The van der Waals surface area contributed by atoms with Crippen molar-refractivity contribution in [2.75, 3.05) is 20.1 Å². The molecule has 172 valence electrons. The minimum Gasteiger partial charge on any atom is -0.481 e. The Kier molecular flexibility index (Phi) is 7.29.